The topological polar surface area (TPSA) is 50.7 Å². The molecule has 0 unspecified atom stereocenters. The number of carbonyl (C=O) groups excluding carboxylic acids is 1. The van der Waals surface area contributed by atoms with Gasteiger partial charge in [0, 0.05) is 6.21 Å². The number of hydrogen-bond acceptors (Lipinski definition) is 3. The summed E-state index contributed by atoms with van der Waals surface area (Å²) >= 11 is 0. The number of hydrogen-bond donors (Lipinski definition) is 1. The van der Waals surface area contributed by atoms with E-state index in [0.717, 1.165) is 11.1 Å². The van der Waals surface area contributed by atoms with Gasteiger partial charge in [-0.25, -0.2) is 5.43 Å². The van der Waals surface area contributed by atoms with Gasteiger partial charge >= 0.3 is 0 Å². The fourth-order valence-corrected chi connectivity index (χ4v) is 1.46. The molecule has 0 saturated heterocycles. The van der Waals surface area contributed by atoms with Gasteiger partial charge in [0.2, 0.25) is 0 Å². The van der Waals surface area contributed by atoms with Gasteiger partial charge in [-0.15, -0.1) is 0 Å². The zero-order chi connectivity index (χ0) is 13.5. The third-order valence-corrected chi connectivity index (χ3v) is 2.13. The van der Waals surface area contributed by atoms with Crippen LogP contribution >= 0.6 is 0 Å². The number of ether oxygens (including phenoxy) is 1. The minimum Gasteiger partial charge on any atom is -0.484 e. The zero-order valence-electron chi connectivity index (χ0n) is 11.4. The molecule has 4 nitrogen and oxygen atoms in total. The molecule has 4 heteroatoms. The predicted molar refractivity (Wildman–Crippen MR) is 72.9 cm³/mol. The maximum atomic E-state index is 11.4. The Hall–Kier alpha value is -1.84. The number of hydrazone groups is 1. The van der Waals surface area contributed by atoms with Gasteiger partial charge in [-0.2, -0.15) is 5.10 Å². The summed E-state index contributed by atoms with van der Waals surface area (Å²) in [6.45, 7) is 7.93. The molecule has 0 heterocycles. The quantitative estimate of drug-likeness (QED) is 0.642. The van der Waals surface area contributed by atoms with Crippen molar-refractivity contribution in [3.63, 3.8) is 0 Å². The van der Waals surface area contributed by atoms with E-state index in [0.29, 0.717) is 11.7 Å². The molecule has 98 valence electrons. The van der Waals surface area contributed by atoms with Crippen molar-refractivity contribution >= 4 is 12.1 Å². The Morgan fingerprint density at radius 2 is 1.94 bits per heavy atom. The maximum absolute atomic E-state index is 11.4. The van der Waals surface area contributed by atoms with Crippen molar-refractivity contribution in [1.82, 2.24) is 5.43 Å². The van der Waals surface area contributed by atoms with Gasteiger partial charge in [-0.3, -0.25) is 4.79 Å². The van der Waals surface area contributed by atoms with E-state index in [2.05, 4.69) is 16.6 Å². The largest absolute Gasteiger partial charge is 0.484 e. The van der Waals surface area contributed by atoms with Crippen molar-refractivity contribution in [2.75, 3.05) is 6.61 Å². The zero-order valence-corrected chi connectivity index (χ0v) is 11.4. The number of carbonyl (C=O) groups is 1. The number of aryl methyl sites for hydroxylation is 2. The van der Waals surface area contributed by atoms with E-state index in [9.17, 15) is 4.79 Å². The second kappa shape index (κ2) is 6.79. The predicted octanol–water partition coefficient (Wildman–Crippen LogP) is 2.44. The Labute approximate surface area is 108 Å². The number of nitrogens with one attached hydrogen (secondary N) is 1. The lowest BCUT2D eigenvalue weighted by atomic mass is 10.1. The van der Waals surface area contributed by atoms with Crippen molar-refractivity contribution < 1.29 is 9.53 Å². The lowest BCUT2D eigenvalue weighted by Crippen LogP contribution is -2.24. The van der Waals surface area contributed by atoms with E-state index in [1.807, 2.05) is 39.8 Å². The molecule has 18 heavy (non-hydrogen) atoms. The van der Waals surface area contributed by atoms with E-state index in [-0.39, 0.29) is 12.5 Å². The molecule has 1 amide bonds. The highest BCUT2D eigenvalue weighted by Gasteiger charge is 2.02. The summed E-state index contributed by atoms with van der Waals surface area (Å²) in [5.41, 5.74) is 4.65. The molecular formula is C14H20N2O2. The first kappa shape index (κ1) is 14.2. The summed E-state index contributed by atoms with van der Waals surface area (Å²) < 4.78 is 5.40. The van der Waals surface area contributed by atoms with Crippen LogP contribution in [0.4, 0.5) is 0 Å². The lowest BCUT2D eigenvalue weighted by Gasteiger charge is -2.07. The fourth-order valence-electron chi connectivity index (χ4n) is 1.46. The number of benzene rings is 1. The highest BCUT2D eigenvalue weighted by molar-refractivity contribution is 5.78. The molecule has 0 saturated carbocycles. The normalized spacial score (nSPS) is 10.9. The second-order valence-electron chi connectivity index (χ2n) is 4.67. The molecule has 0 fully saturated rings. The van der Waals surface area contributed by atoms with Gasteiger partial charge < -0.3 is 4.74 Å². The van der Waals surface area contributed by atoms with Gasteiger partial charge in [0.15, 0.2) is 6.61 Å². The van der Waals surface area contributed by atoms with E-state index in [4.69, 9.17) is 4.74 Å². The first-order valence-electron chi connectivity index (χ1n) is 6.00. The average Bonchev–Trinajstić information content (AvgIpc) is 2.24. The average molecular weight is 248 g/mol. The summed E-state index contributed by atoms with van der Waals surface area (Å²) in [6, 6.07) is 5.86. The van der Waals surface area contributed by atoms with Crippen molar-refractivity contribution in [2.45, 2.75) is 27.7 Å². The van der Waals surface area contributed by atoms with Gasteiger partial charge in [0.05, 0.1) is 0 Å². The van der Waals surface area contributed by atoms with Crippen molar-refractivity contribution in [3.8, 4) is 5.75 Å². The highest BCUT2D eigenvalue weighted by atomic mass is 16.5. The van der Waals surface area contributed by atoms with Crippen molar-refractivity contribution in [2.24, 2.45) is 11.0 Å². The maximum Gasteiger partial charge on any atom is 0.277 e. The Morgan fingerprint density at radius 3 is 2.50 bits per heavy atom. The third kappa shape index (κ3) is 5.48. The Balaban J connectivity index is 2.42. The van der Waals surface area contributed by atoms with Crippen molar-refractivity contribution in [3.05, 3.63) is 29.3 Å². The Kier molecular flexibility index (Phi) is 5.36. The van der Waals surface area contributed by atoms with E-state index in [1.165, 1.54) is 0 Å². The SMILES string of the molecule is Cc1cc(C)cc(OCC(=O)NN=CC(C)C)c1. The molecule has 1 aromatic carbocycles. The molecule has 1 aromatic rings. The van der Waals surface area contributed by atoms with Crippen LogP contribution in [0.15, 0.2) is 23.3 Å². The van der Waals surface area contributed by atoms with Crippen LogP contribution in [0.2, 0.25) is 0 Å². The standard InChI is InChI=1S/C14H20N2O2/c1-10(2)8-15-16-14(17)9-18-13-6-11(3)5-12(4)7-13/h5-8,10H,9H2,1-4H3,(H,16,17). The van der Waals surface area contributed by atoms with Crippen molar-refractivity contribution in [1.29, 1.82) is 0 Å². The number of nitrogens with zero attached hydrogens (tertiary/aromatic N) is 1. The molecular weight excluding hydrogens is 228 g/mol. The van der Waals surface area contributed by atoms with Crippen LogP contribution < -0.4 is 10.2 Å². The first-order valence-corrected chi connectivity index (χ1v) is 6.00. The monoisotopic (exact) mass is 248 g/mol. The second-order valence-corrected chi connectivity index (χ2v) is 4.67. The third-order valence-electron chi connectivity index (χ3n) is 2.13. The van der Waals surface area contributed by atoms with Crippen LogP contribution in [0.1, 0.15) is 25.0 Å². The summed E-state index contributed by atoms with van der Waals surface area (Å²) in [5.74, 6) is 0.757. The van der Waals surface area contributed by atoms with Crippen LogP contribution in [0, 0.1) is 19.8 Å². The van der Waals surface area contributed by atoms with Crippen LogP contribution in [0.5, 0.6) is 5.75 Å². The van der Waals surface area contributed by atoms with Gasteiger partial charge in [-0.1, -0.05) is 19.9 Å². The number of amides is 1. The van der Waals surface area contributed by atoms with Gasteiger partial charge in [0.25, 0.3) is 5.91 Å². The van der Waals surface area contributed by atoms with E-state index in [1.54, 1.807) is 6.21 Å². The lowest BCUT2D eigenvalue weighted by molar-refractivity contribution is -0.123. The minimum atomic E-state index is -0.258. The van der Waals surface area contributed by atoms with Gasteiger partial charge in [-0.05, 0) is 43.0 Å². The Morgan fingerprint density at radius 1 is 1.33 bits per heavy atom. The van der Waals surface area contributed by atoms with Crippen LogP contribution in [-0.4, -0.2) is 18.7 Å². The van der Waals surface area contributed by atoms with Crippen LogP contribution in [-0.2, 0) is 4.79 Å². The van der Waals surface area contributed by atoms with Crippen LogP contribution in [0.25, 0.3) is 0 Å². The summed E-state index contributed by atoms with van der Waals surface area (Å²) in [6.07, 6.45) is 1.68. The molecule has 0 atom stereocenters. The van der Waals surface area contributed by atoms with E-state index < -0.39 is 0 Å². The summed E-state index contributed by atoms with van der Waals surface area (Å²) in [5, 5.41) is 3.81. The minimum absolute atomic E-state index is 0.0294. The first-order chi connectivity index (χ1) is 8.47. The highest BCUT2D eigenvalue weighted by Crippen LogP contribution is 2.15. The summed E-state index contributed by atoms with van der Waals surface area (Å²) in [7, 11) is 0. The van der Waals surface area contributed by atoms with E-state index >= 15 is 0 Å². The smallest absolute Gasteiger partial charge is 0.277 e. The van der Waals surface area contributed by atoms with Crippen LogP contribution in [0.3, 0.4) is 0 Å². The fraction of sp³-hybridized carbons (Fsp3) is 0.429. The molecule has 0 spiro atoms. The molecule has 0 radical (unpaired) electrons. The summed E-state index contributed by atoms with van der Waals surface area (Å²) in [4.78, 5) is 11.4. The molecule has 1 rings (SSSR count). The number of rotatable bonds is 5. The van der Waals surface area contributed by atoms with Gasteiger partial charge in [0.1, 0.15) is 5.75 Å². The molecule has 0 aliphatic carbocycles. The molecule has 0 aliphatic rings. The molecule has 1 N–H and O–H groups in total. The molecule has 0 aliphatic heterocycles. The Bertz CT molecular complexity index is 419. The molecule has 0 bridgehead atoms. The molecule has 0 aromatic heterocycles.